The fourth-order valence-electron chi connectivity index (χ4n) is 5.45. The first-order valence-electron chi connectivity index (χ1n) is 12.7. The Morgan fingerprint density at radius 2 is 1.74 bits per heavy atom. The highest BCUT2D eigenvalue weighted by Crippen LogP contribution is 2.34. The Kier molecular flexibility index (Phi) is 7.04. The van der Waals surface area contributed by atoms with Crippen LogP contribution in [-0.4, -0.2) is 53.2 Å². The van der Waals surface area contributed by atoms with Gasteiger partial charge in [0.25, 0.3) is 5.91 Å². The van der Waals surface area contributed by atoms with Crippen molar-refractivity contribution in [3.05, 3.63) is 76.3 Å². The molecule has 1 N–H and O–H groups in total. The maximum absolute atomic E-state index is 14.1. The van der Waals surface area contributed by atoms with E-state index in [1.807, 2.05) is 64.1 Å². The molecule has 1 aliphatic carbocycles. The highest BCUT2D eigenvalue weighted by molar-refractivity contribution is 5.99. The van der Waals surface area contributed by atoms with E-state index in [1.165, 1.54) is 6.42 Å². The highest BCUT2D eigenvalue weighted by atomic mass is 16.5. The topological polar surface area (TPSA) is 68.5 Å². The van der Waals surface area contributed by atoms with E-state index < -0.39 is 0 Å². The van der Waals surface area contributed by atoms with E-state index >= 15 is 0 Å². The van der Waals surface area contributed by atoms with Crippen LogP contribution < -0.4 is 15.7 Å². The summed E-state index contributed by atoms with van der Waals surface area (Å²) < 4.78 is 9.05. The number of nitrogens with zero attached hydrogens (tertiary/aromatic N) is 3. The molecular weight excluding hydrogens is 440 g/mol. The molecule has 0 radical (unpaired) electrons. The number of imidazole rings is 1. The molecule has 7 nitrogen and oxygen atoms in total. The number of benzene rings is 2. The first-order valence-corrected chi connectivity index (χ1v) is 12.7. The number of carbonyl (C=O) groups excluding carboxylic acids is 1. The van der Waals surface area contributed by atoms with Crippen molar-refractivity contribution in [3.8, 4) is 17.0 Å². The second-order valence-electron chi connectivity index (χ2n) is 9.49. The number of aromatic nitrogens is 2. The molecule has 1 aliphatic heterocycles. The van der Waals surface area contributed by atoms with Crippen LogP contribution in [0.1, 0.15) is 54.2 Å². The third kappa shape index (κ3) is 4.78. The van der Waals surface area contributed by atoms with Crippen LogP contribution in [0.25, 0.3) is 11.3 Å². The molecule has 2 aromatic carbocycles. The summed E-state index contributed by atoms with van der Waals surface area (Å²) in [7, 11) is 1.64. The monoisotopic (exact) mass is 474 g/mol. The maximum atomic E-state index is 14.1. The fourth-order valence-corrected chi connectivity index (χ4v) is 5.45. The number of piperazine rings is 1. The van der Waals surface area contributed by atoms with E-state index in [4.69, 9.17) is 4.74 Å². The zero-order valence-corrected chi connectivity index (χ0v) is 20.4. The minimum Gasteiger partial charge on any atom is -0.497 e. The van der Waals surface area contributed by atoms with Crippen LogP contribution in [0, 0.1) is 0 Å². The smallest absolute Gasteiger partial charge is 0.329 e. The SMILES string of the molecule is COc1cccc(Cn2c(C(=O)N3CCNCC3)c(-c3ccccc3)n(C3CCCCC3)c2=O)c1. The first-order chi connectivity index (χ1) is 17.2. The van der Waals surface area contributed by atoms with Gasteiger partial charge in [-0.15, -0.1) is 0 Å². The second-order valence-corrected chi connectivity index (χ2v) is 9.49. The zero-order valence-electron chi connectivity index (χ0n) is 20.4. The Labute approximate surface area is 206 Å². The minimum absolute atomic E-state index is 0.0695. The summed E-state index contributed by atoms with van der Waals surface area (Å²) >= 11 is 0. The third-order valence-electron chi connectivity index (χ3n) is 7.24. The first kappa shape index (κ1) is 23.4. The molecule has 3 aromatic rings. The number of ether oxygens (including phenoxy) is 1. The van der Waals surface area contributed by atoms with Gasteiger partial charge in [-0.25, -0.2) is 4.79 Å². The fraction of sp³-hybridized carbons (Fsp3) is 0.429. The van der Waals surface area contributed by atoms with Gasteiger partial charge in [-0.05, 0) is 30.5 Å². The van der Waals surface area contributed by atoms with Crippen molar-refractivity contribution in [1.82, 2.24) is 19.4 Å². The molecule has 0 atom stereocenters. The average Bonchev–Trinajstić information content (AvgIpc) is 3.21. The van der Waals surface area contributed by atoms with E-state index in [0.29, 0.717) is 25.3 Å². The summed E-state index contributed by atoms with van der Waals surface area (Å²) in [5.74, 6) is 0.667. The highest BCUT2D eigenvalue weighted by Gasteiger charge is 2.33. The summed E-state index contributed by atoms with van der Waals surface area (Å²) in [5, 5.41) is 3.32. The van der Waals surface area contributed by atoms with Crippen molar-refractivity contribution < 1.29 is 9.53 Å². The molecule has 0 spiro atoms. The van der Waals surface area contributed by atoms with Crippen LogP contribution in [0.5, 0.6) is 5.75 Å². The van der Waals surface area contributed by atoms with Crippen molar-refractivity contribution in [2.75, 3.05) is 33.3 Å². The normalized spacial score (nSPS) is 16.9. The molecule has 1 saturated carbocycles. The number of amides is 1. The van der Waals surface area contributed by atoms with Crippen LogP contribution in [0.3, 0.4) is 0 Å². The Balaban J connectivity index is 1.71. The zero-order chi connectivity index (χ0) is 24.2. The predicted molar refractivity (Wildman–Crippen MR) is 137 cm³/mol. The van der Waals surface area contributed by atoms with E-state index in [2.05, 4.69) is 5.32 Å². The van der Waals surface area contributed by atoms with Crippen molar-refractivity contribution in [2.45, 2.75) is 44.7 Å². The van der Waals surface area contributed by atoms with Gasteiger partial charge in [0.15, 0.2) is 0 Å². The maximum Gasteiger partial charge on any atom is 0.329 e. The van der Waals surface area contributed by atoms with Crippen molar-refractivity contribution in [1.29, 1.82) is 0 Å². The quantitative estimate of drug-likeness (QED) is 0.588. The van der Waals surface area contributed by atoms with Gasteiger partial charge in [0.05, 0.1) is 19.3 Å². The van der Waals surface area contributed by atoms with Gasteiger partial charge in [0.1, 0.15) is 11.4 Å². The van der Waals surface area contributed by atoms with Gasteiger partial charge >= 0.3 is 5.69 Å². The van der Waals surface area contributed by atoms with Gasteiger partial charge in [0.2, 0.25) is 0 Å². The molecule has 2 fully saturated rings. The van der Waals surface area contributed by atoms with E-state index in [9.17, 15) is 9.59 Å². The van der Waals surface area contributed by atoms with Gasteiger partial charge in [-0.3, -0.25) is 13.9 Å². The van der Waals surface area contributed by atoms with Gasteiger partial charge in [-0.1, -0.05) is 61.7 Å². The molecule has 184 valence electrons. The van der Waals surface area contributed by atoms with Crippen molar-refractivity contribution in [3.63, 3.8) is 0 Å². The number of hydrogen-bond acceptors (Lipinski definition) is 4. The van der Waals surface area contributed by atoms with E-state index in [1.54, 1.807) is 11.7 Å². The summed E-state index contributed by atoms with van der Waals surface area (Å²) in [6.07, 6.45) is 5.33. The van der Waals surface area contributed by atoms with Crippen LogP contribution in [-0.2, 0) is 6.54 Å². The third-order valence-corrected chi connectivity index (χ3v) is 7.24. The number of rotatable bonds is 6. The molecular formula is C28H34N4O3. The van der Waals surface area contributed by atoms with Crippen molar-refractivity contribution >= 4 is 5.91 Å². The molecule has 2 heterocycles. The molecule has 2 aliphatic rings. The lowest BCUT2D eigenvalue weighted by Gasteiger charge is -2.28. The molecule has 35 heavy (non-hydrogen) atoms. The Morgan fingerprint density at radius 1 is 1.00 bits per heavy atom. The second kappa shape index (κ2) is 10.5. The summed E-state index contributed by atoms with van der Waals surface area (Å²) in [5.41, 5.74) is 3.00. The Bertz CT molecular complexity index is 1220. The molecule has 7 heteroatoms. The van der Waals surface area contributed by atoms with Gasteiger partial charge in [0, 0.05) is 37.8 Å². The number of nitrogens with one attached hydrogen (secondary N) is 1. The largest absolute Gasteiger partial charge is 0.497 e. The number of hydrogen-bond donors (Lipinski definition) is 1. The molecule has 0 unspecified atom stereocenters. The van der Waals surface area contributed by atoms with E-state index in [-0.39, 0.29) is 17.6 Å². The van der Waals surface area contributed by atoms with E-state index in [0.717, 1.165) is 61.3 Å². The van der Waals surface area contributed by atoms with Crippen molar-refractivity contribution in [2.24, 2.45) is 0 Å². The lowest BCUT2D eigenvalue weighted by molar-refractivity contribution is 0.0725. The van der Waals surface area contributed by atoms with Gasteiger partial charge in [-0.2, -0.15) is 0 Å². The standard InChI is InChI=1S/C28H34N4O3/c1-35-24-14-8-9-21(19-24)20-31-26(27(33)30-17-15-29-16-18-30)25(22-10-4-2-5-11-22)32(28(31)34)23-12-6-3-7-13-23/h2,4-5,8-11,14,19,23,29H,3,6-7,12-13,15-18,20H2,1H3. The Morgan fingerprint density at radius 3 is 2.46 bits per heavy atom. The van der Waals surface area contributed by atoms with Crippen LogP contribution in [0.15, 0.2) is 59.4 Å². The lowest BCUT2D eigenvalue weighted by atomic mass is 9.94. The molecule has 1 amide bonds. The van der Waals surface area contributed by atoms with Crippen LogP contribution in [0.4, 0.5) is 0 Å². The lowest BCUT2D eigenvalue weighted by Crippen LogP contribution is -2.47. The Hall–Kier alpha value is -3.32. The number of carbonyl (C=O) groups is 1. The molecule has 1 saturated heterocycles. The molecule has 0 bridgehead atoms. The van der Waals surface area contributed by atoms with Gasteiger partial charge < -0.3 is 15.0 Å². The van der Waals surface area contributed by atoms with Crippen LogP contribution >= 0.6 is 0 Å². The molecule has 5 rings (SSSR count). The predicted octanol–water partition coefficient (Wildman–Crippen LogP) is 3.92. The molecule has 1 aromatic heterocycles. The summed E-state index contributed by atoms with van der Waals surface area (Å²) in [6.45, 7) is 3.11. The number of methoxy groups -OCH3 is 1. The summed E-state index contributed by atoms with van der Waals surface area (Å²) in [4.78, 5) is 30.1. The minimum atomic E-state index is -0.0999. The van der Waals surface area contributed by atoms with Crippen LogP contribution in [0.2, 0.25) is 0 Å². The summed E-state index contributed by atoms with van der Waals surface area (Å²) in [6, 6.07) is 17.8. The average molecular weight is 475 g/mol.